The second-order valence-corrected chi connectivity index (χ2v) is 9.30. The van der Waals surface area contributed by atoms with Gasteiger partial charge in [-0.2, -0.15) is 0 Å². The Labute approximate surface area is 226 Å². The van der Waals surface area contributed by atoms with Crippen molar-refractivity contribution in [1.82, 2.24) is 0 Å². The lowest BCUT2D eigenvalue weighted by Crippen LogP contribution is -2.72. The minimum Gasteiger partial charge on any atom is -0.508 e. The van der Waals surface area contributed by atoms with E-state index in [1.54, 1.807) is 12.1 Å². The quantitative estimate of drug-likeness (QED) is 0.156. The van der Waals surface area contributed by atoms with Gasteiger partial charge in [0.2, 0.25) is 6.29 Å². The summed E-state index contributed by atoms with van der Waals surface area (Å²) in [7, 11) is 0. The summed E-state index contributed by atoms with van der Waals surface area (Å²) in [6, 6.07) is 10.1. The number of hydrogen-bond donors (Lipinski definition) is 6. The van der Waals surface area contributed by atoms with Crippen LogP contribution in [0.4, 0.5) is 0 Å². The molecular weight excluding hydrogens is 532 g/mol. The Balaban J connectivity index is 1.60. The molecule has 1 saturated heterocycles. The smallest absolute Gasteiger partial charge is 0.317 e. The highest BCUT2D eigenvalue weighted by Crippen LogP contribution is 2.36. The molecule has 2 heterocycles. The van der Waals surface area contributed by atoms with Gasteiger partial charge in [-0.1, -0.05) is 19.1 Å². The first-order chi connectivity index (χ1) is 18.9. The molecule has 2 aromatic carbocycles. The molecule has 0 radical (unpaired) electrons. The van der Waals surface area contributed by atoms with Gasteiger partial charge in [0.15, 0.2) is 11.0 Å². The van der Waals surface area contributed by atoms with Gasteiger partial charge < -0.3 is 49.3 Å². The van der Waals surface area contributed by atoms with Crippen molar-refractivity contribution >= 4 is 22.9 Å². The van der Waals surface area contributed by atoms with Crippen molar-refractivity contribution in [2.24, 2.45) is 0 Å². The van der Waals surface area contributed by atoms with Gasteiger partial charge >= 0.3 is 11.9 Å². The highest BCUT2D eigenvalue weighted by Gasteiger charge is 2.59. The highest BCUT2D eigenvalue weighted by molar-refractivity contribution is 5.90. The number of phenolic OH excluding ortho intramolecular Hbond substituents is 1. The zero-order valence-electron chi connectivity index (χ0n) is 21.2. The van der Waals surface area contributed by atoms with Crippen LogP contribution in [0.2, 0.25) is 0 Å². The third kappa shape index (κ3) is 5.64. The number of rotatable bonds is 9. The molecule has 0 saturated carbocycles. The van der Waals surface area contributed by atoms with E-state index in [2.05, 4.69) is 0 Å². The number of aliphatic hydroxyl groups is 4. The van der Waals surface area contributed by atoms with E-state index in [0.29, 0.717) is 5.56 Å². The average Bonchev–Trinajstić information content (AvgIpc) is 2.92. The van der Waals surface area contributed by atoms with Crippen LogP contribution < -0.4 is 10.2 Å². The lowest BCUT2D eigenvalue weighted by molar-refractivity contribution is -0.333. The molecule has 0 amide bonds. The van der Waals surface area contributed by atoms with Gasteiger partial charge in [-0.05, 0) is 36.2 Å². The van der Waals surface area contributed by atoms with Gasteiger partial charge in [-0.3, -0.25) is 14.4 Å². The van der Waals surface area contributed by atoms with Gasteiger partial charge in [0.1, 0.15) is 54.7 Å². The first-order valence-electron chi connectivity index (χ1n) is 12.3. The first-order valence-corrected chi connectivity index (χ1v) is 12.3. The molecule has 0 bridgehead atoms. The number of phenols is 1. The van der Waals surface area contributed by atoms with Crippen LogP contribution in [0.15, 0.2) is 57.9 Å². The van der Waals surface area contributed by atoms with Crippen molar-refractivity contribution in [3.05, 3.63) is 59.0 Å². The topological polar surface area (TPSA) is 213 Å². The molecule has 6 N–H and O–H groups in total. The Hall–Kier alpha value is -4.01. The molecule has 6 atom stereocenters. The van der Waals surface area contributed by atoms with E-state index in [1.165, 1.54) is 43.5 Å². The molecule has 1 aliphatic heterocycles. The molecule has 0 aliphatic carbocycles. The number of ether oxygens (including phenoxy) is 3. The van der Waals surface area contributed by atoms with E-state index in [1.807, 2.05) is 0 Å². The maximum Gasteiger partial charge on any atom is 0.317 e. The number of aromatic hydroxyl groups is 1. The Morgan fingerprint density at radius 3 is 2.45 bits per heavy atom. The number of carbonyl (C=O) groups excluding carboxylic acids is 1. The van der Waals surface area contributed by atoms with Gasteiger partial charge in [-0.25, -0.2) is 0 Å². The minimum absolute atomic E-state index is 0.0171. The molecule has 0 unspecified atom stereocenters. The molecule has 13 heteroatoms. The molecule has 13 nitrogen and oxygen atoms in total. The first kappa shape index (κ1) is 29.0. The van der Waals surface area contributed by atoms with Crippen molar-refractivity contribution in [1.29, 1.82) is 0 Å². The number of carbonyl (C=O) groups is 2. The van der Waals surface area contributed by atoms with Crippen LogP contribution in [0.3, 0.4) is 0 Å². The Morgan fingerprint density at radius 2 is 1.80 bits per heavy atom. The number of benzene rings is 2. The van der Waals surface area contributed by atoms with Gasteiger partial charge in [0.25, 0.3) is 0 Å². The summed E-state index contributed by atoms with van der Waals surface area (Å²) < 4.78 is 21.7. The van der Waals surface area contributed by atoms with Gasteiger partial charge in [0, 0.05) is 6.07 Å². The SMILES string of the molecule is CC[C@H](O)[C@]1(O)[C@H](O)[C@@H](Oc2ccc3c(=O)c(-c4ccc(O)cc4)coc3c2)O[C@@H](COC(=O)CC(=O)O)[C@@H]1O. The predicted molar refractivity (Wildman–Crippen MR) is 135 cm³/mol. The van der Waals surface area contributed by atoms with Crippen LogP contribution in [0.1, 0.15) is 19.8 Å². The fourth-order valence-electron chi connectivity index (χ4n) is 4.46. The molecule has 3 aromatic rings. The van der Waals surface area contributed by atoms with E-state index in [9.17, 15) is 39.9 Å². The zero-order chi connectivity index (χ0) is 29.2. The number of carboxylic acid groups (broad SMARTS) is 1. The normalized spacial score (nSPS) is 25.3. The van der Waals surface area contributed by atoms with Crippen LogP contribution in [-0.4, -0.2) is 85.5 Å². The summed E-state index contributed by atoms with van der Waals surface area (Å²) in [6.45, 7) is 0.776. The summed E-state index contributed by atoms with van der Waals surface area (Å²) in [4.78, 5) is 35.5. The summed E-state index contributed by atoms with van der Waals surface area (Å²) in [5.74, 6) is -2.52. The zero-order valence-corrected chi connectivity index (χ0v) is 21.2. The van der Waals surface area contributed by atoms with Crippen LogP contribution in [-0.2, 0) is 19.1 Å². The molecule has 40 heavy (non-hydrogen) atoms. The highest BCUT2D eigenvalue weighted by atomic mass is 16.7. The average molecular weight is 561 g/mol. The summed E-state index contributed by atoms with van der Waals surface area (Å²) >= 11 is 0. The maximum atomic E-state index is 13.0. The fraction of sp³-hybridized carbons (Fsp3) is 0.370. The monoisotopic (exact) mass is 560 g/mol. The van der Waals surface area contributed by atoms with Crippen molar-refractivity contribution in [3.8, 4) is 22.6 Å². The maximum absolute atomic E-state index is 13.0. The van der Waals surface area contributed by atoms with Crippen molar-refractivity contribution in [2.75, 3.05) is 6.61 Å². The number of hydrogen-bond acceptors (Lipinski definition) is 12. The minimum atomic E-state index is -2.58. The second kappa shape index (κ2) is 11.6. The predicted octanol–water partition coefficient (Wildman–Crippen LogP) is 0.511. The Morgan fingerprint density at radius 1 is 1.10 bits per heavy atom. The molecule has 1 aromatic heterocycles. The van der Waals surface area contributed by atoms with E-state index in [-0.39, 0.29) is 39.9 Å². The number of carboxylic acids is 1. The lowest BCUT2D eigenvalue weighted by atomic mass is 9.78. The van der Waals surface area contributed by atoms with Crippen LogP contribution >= 0.6 is 0 Å². The van der Waals surface area contributed by atoms with Gasteiger partial charge in [0.05, 0.1) is 17.1 Å². The number of aliphatic hydroxyl groups excluding tert-OH is 3. The van der Waals surface area contributed by atoms with Crippen molar-refractivity contribution in [3.63, 3.8) is 0 Å². The van der Waals surface area contributed by atoms with Gasteiger partial charge in [-0.15, -0.1) is 0 Å². The summed E-state index contributed by atoms with van der Waals surface area (Å²) in [5, 5.41) is 61.6. The Kier molecular flexibility index (Phi) is 8.42. The number of aliphatic carboxylic acids is 1. The van der Waals surface area contributed by atoms with Crippen molar-refractivity contribution < 1.29 is 58.9 Å². The molecule has 0 spiro atoms. The lowest BCUT2D eigenvalue weighted by Gasteiger charge is -2.49. The van der Waals surface area contributed by atoms with Crippen molar-refractivity contribution in [2.45, 2.75) is 56.1 Å². The van der Waals surface area contributed by atoms with E-state index in [4.69, 9.17) is 23.7 Å². The molecule has 4 rings (SSSR count). The fourth-order valence-corrected chi connectivity index (χ4v) is 4.46. The third-order valence-corrected chi connectivity index (χ3v) is 6.67. The number of fused-ring (bicyclic) bond motifs is 1. The number of esters is 1. The van der Waals surface area contributed by atoms with E-state index < -0.39 is 61.3 Å². The van der Waals surface area contributed by atoms with E-state index in [0.717, 1.165) is 0 Å². The summed E-state index contributed by atoms with van der Waals surface area (Å²) in [5.41, 5.74) is -2.06. The molecular formula is C27H28O13. The van der Waals surface area contributed by atoms with Crippen LogP contribution in [0.25, 0.3) is 22.1 Å². The molecule has 1 aliphatic rings. The second-order valence-electron chi connectivity index (χ2n) is 9.30. The van der Waals surface area contributed by atoms with Crippen LogP contribution in [0.5, 0.6) is 11.5 Å². The standard InChI is InChI=1S/C27H28O13/c1-2-20(29)27(36)24(34)19(12-38-22(32)10-21(30)31)40-26(25(27)35)39-15-7-8-16-18(9-15)37-11-17(23(16)33)13-3-5-14(28)6-4-13/h3-9,11,19-20,24-26,28-29,34-36H,2,10,12H2,1H3,(H,30,31)/t19-,20-,24-,25+,26-,27+/m0/s1. The third-order valence-electron chi connectivity index (χ3n) is 6.67. The Bertz CT molecular complexity index is 1430. The van der Waals surface area contributed by atoms with E-state index >= 15 is 0 Å². The molecule has 214 valence electrons. The largest absolute Gasteiger partial charge is 0.508 e. The van der Waals surface area contributed by atoms with Crippen LogP contribution in [0, 0.1) is 0 Å². The summed E-state index contributed by atoms with van der Waals surface area (Å²) in [6.07, 6.45) is -8.65. The molecule has 1 fully saturated rings.